The Bertz CT molecular complexity index is 497. The van der Waals surface area contributed by atoms with E-state index in [1.807, 2.05) is 18.9 Å². The van der Waals surface area contributed by atoms with Crippen molar-refractivity contribution in [2.75, 3.05) is 33.7 Å². The first-order valence-corrected chi connectivity index (χ1v) is 7.77. The third-order valence-corrected chi connectivity index (χ3v) is 4.56. The van der Waals surface area contributed by atoms with Gasteiger partial charge in [0.05, 0.1) is 11.4 Å². The fourth-order valence-electron chi connectivity index (χ4n) is 1.71. The van der Waals surface area contributed by atoms with Gasteiger partial charge < -0.3 is 10.2 Å². The molecule has 0 bridgehead atoms. The SMILES string of the molecule is CCN(C)CCNS(=O)(=O)c1c(CNC)n[nH]c1C. The molecule has 0 aliphatic carbocycles. The second kappa shape index (κ2) is 6.99. The Kier molecular flexibility index (Phi) is 5.92. The molecule has 19 heavy (non-hydrogen) atoms. The highest BCUT2D eigenvalue weighted by Crippen LogP contribution is 2.16. The Hall–Kier alpha value is -0.960. The van der Waals surface area contributed by atoms with Crippen molar-refractivity contribution in [3.8, 4) is 0 Å². The van der Waals surface area contributed by atoms with Crippen LogP contribution in [0.25, 0.3) is 0 Å². The van der Waals surface area contributed by atoms with E-state index < -0.39 is 10.0 Å². The minimum Gasteiger partial charge on any atom is -0.314 e. The van der Waals surface area contributed by atoms with E-state index in [1.54, 1.807) is 14.0 Å². The molecule has 0 saturated heterocycles. The number of hydrogen-bond donors (Lipinski definition) is 3. The number of likely N-dealkylation sites (N-methyl/N-ethyl adjacent to an activating group) is 1. The fourth-order valence-corrected chi connectivity index (χ4v) is 3.10. The summed E-state index contributed by atoms with van der Waals surface area (Å²) in [6.07, 6.45) is 0. The summed E-state index contributed by atoms with van der Waals surface area (Å²) in [5.74, 6) is 0. The van der Waals surface area contributed by atoms with Crippen molar-refractivity contribution in [1.82, 2.24) is 25.1 Å². The lowest BCUT2D eigenvalue weighted by atomic mass is 10.4. The Morgan fingerprint density at radius 3 is 2.68 bits per heavy atom. The minimum atomic E-state index is -3.51. The Morgan fingerprint density at radius 2 is 2.11 bits per heavy atom. The van der Waals surface area contributed by atoms with E-state index in [1.165, 1.54) is 0 Å². The summed E-state index contributed by atoms with van der Waals surface area (Å²) in [6, 6.07) is 0. The molecule has 110 valence electrons. The van der Waals surface area contributed by atoms with E-state index in [0.717, 1.165) is 6.54 Å². The van der Waals surface area contributed by atoms with Crippen molar-refractivity contribution in [3.05, 3.63) is 11.4 Å². The quantitative estimate of drug-likeness (QED) is 0.609. The first kappa shape index (κ1) is 16.1. The van der Waals surface area contributed by atoms with Crippen molar-refractivity contribution < 1.29 is 8.42 Å². The minimum absolute atomic E-state index is 0.251. The average Bonchev–Trinajstić information content (AvgIpc) is 2.71. The number of sulfonamides is 1. The van der Waals surface area contributed by atoms with Gasteiger partial charge in [0.15, 0.2) is 0 Å². The number of nitrogens with zero attached hydrogens (tertiary/aromatic N) is 2. The molecule has 0 saturated carbocycles. The highest BCUT2D eigenvalue weighted by molar-refractivity contribution is 7.89. The number of aromatic amines is 1. The lowest BCUT2D eigenvalue weighted by Crippen LogP contribution is -2.33. The predicted molar refractivity (Wildman–Crippen MR) is 74.4 cm³/mol. The monoisotopic (exact) mass is 289 g/mol. The predicted octanol–water partition coefficient (Wildman–Crippen LogP) is -0.332. The lowest BCUT2D eigenvalue weighted by Gasteiger charge is -2.14. The lowest BCUT2D eigenvalue weighted by molar-refractivity contribution is 0.358. The van der Waals surface area contributed by atoms with E-state index in [0.29, 0.717) is 31.0 Å². The zero-order chi connectivity index (χ0) is 14.5. The molecule has 0 spiro atoms. The highest BCUT2D eigenvalue weighted by atomic mass is 32.2. The molecule has 8 heteroatoms. The topological polar surface area (TPSA) is 90.1 Å². The Balaban J connectivity index is 2.79. The molecule has 0 unspecified atom stereocenters. The second-order valence-electron chi connectivity index (χ2n) is 4.45. The maximum absolute atomic E-state index is 12.3. The van der Waals surface area contributed by atoms with Crippen LogP contribution in [0.4, 0.5) is 0 Å². The number of rotatable bonds is 8. The van der Waals surface area contributed by atoms with E-state index in [2.05, 4.69) is 20.2 Å². The van der Waals surface area contributed by atoms with Crippen LogP contribution in [0.2, 0.25) is 0 Å². The van der Waals surface area contributed by atoms with Gasteiger partial charge in [-0.05, 0) is 27.6 Å². The molecule has 1 heterocycles. The molecule has 0 aromatic carbocycles. The second-order valence-corrected chi connectivity index (χ2v) is 6.15. The molecule has 1 rings (SSSR count). The molecule has 1 aromatic heterocycles. The average molecular weight is 289 g/mol. The number of H-pyrrole nitrogens is 1. The van der Waals surface area contributed by atoms with Crippen LogP contribution in [-0.2, 0) is 16.6 Å². The summed E-state index contributed by atoms with van der Waals surface area (Å²) in [5.41, 5.74) is 1.07. The van der Waals surface area contributed by atoms with Gasteiger partial charge in [-0.1, -0.05) is 6.92 Å². The summed E-state index contributed by atoms with van der Waals surface area (Å²) >= 11 is 0. The van der Waals surface area contributed by atoms with Crippen molar-refractivity contribution in [2.24, 2.45) is 0 Å². The maximum Gasteiger partial charge on any atom is 0.244 e. The van der Waals surface area contributed by atoms with Crippen LogP contribution in [0.1, 0.15) is 18.3 Å². The molecule has 0 amide bonds. The van der Waals surface area contributed by atoms with Gasteiger partial charge in [-0.15, -0.1) is 0 Å². The van der Waals surface area contributed by atoms with Crippen molar-refractivity contribution in [3.63, 3.8) is 0 Å². The molecule has 3 N–H and O–H groups in total. The largest absolute Gasteiger partial charge is 0.314 e. The van der Waals surface area contributed by atoms with Crippen LogP contribution in [0, 0.1) is 6.92 Å². The van der Waals surface area contributed by atoms with Gasteiger partial charge in [-0.2, -0.15) is 5.10 Å². The molecule has 7 nitrogen and oxygen atoms in total. The first-order chi connectivity index (χ1) is 8.92. The van der Waals surface area contributed by atoms with Gasteiger partial charge in [0.25, 0.3) is 0 Å². The fraction of sp³-hybridized carbons (Fsp3) is 0.727. The van der Waals surface area contributed by atoms with E-state index in [9.17, 15) is 8.42 Å². The van der Waals surface area contributed by atoms with Gasteiger partial charge >= 0.3 is 0 Å². The highest BCUT2D eigenvalue weighted by Gasteiger charge is 2.23. The zero-order valence-corrected chi connectivity index (χ0v) is 12.8. The molecule has 0 fully saturated rings. The summed E-state index contributed by atoms with van der Waals surface area (Å²) in [7, 11) is 0.187. The van der Waals surface area contributed by atoms with Crippen LogP contribution in [0.15, 0.2) is 4.90 Å². The number of nitrogens with one attached hydrogen (secondary N) is 3. The van der Waals surface area contributed by atoms with Crippen LogP contribution in [0.3, 0.4) is 0 Å². The standard InChI is InChI=1S/C11H23N5O2S/c1-5-16(4)7-6-13-19(17,18)11-9(2)14-15-10(11)8-12-3/h12-13H,5-8H2,1-4H3,(H,14,15). The third kappa shape index (κ3) is 4.27. The van der Waals surface area contributed by atoms with Crippen LogP contribution >= 0.6 is 0 Å². The van der Waals surface area contributed by atoms with Crippen molar-refractivity contribution in [1.29, 1.82) is 0 Å². The smallest absolute Gasteiger partial charge is 0.244 e. The van der Waals surface area contributed by atoms with Gasteiger partial charge in [0.1, 0.15) is 4.90 Å². The van der Waals surface area contributed by atoms with E-state index >= 15 is 0 Å². The van der Waals surface area contributed by atoms with Gasteiger partial charge in [-0.3, -0.25) is 5.10 Å². The van der Waals surface area contributed by atoms with Crippen molar-refractivity contribution >= 4 is 10.0 Å². The summed E-state index contributed by atoms with van der Waals surface area (Å²) in [5, 5.41) is 9.64. The normalized spacial score (nSPS) is 12.3. The first-order valence-electron chi connectivity index (χ1n) is 6.29. The van der Waals surface area contributed by atoms with Crippen LogP contribution in [0.5, 0.6) is 0 Å². The summed E-state index contributed by atoms with van der Waals surface area (Å²) < 4.78 is 27.1. The van der Waals surface area contributed by atoms with Crippen LogP contribution in [-0.4, -0.2) is 57.2 Å². The number of aryl methyl sites for hydroxylation is 1. The molecular formula is C11H23N5O2S. The molecule has 1 aromatic rings. The molecule has 0 radical (unpaired) electrons. The summed E-state index contributed by atoms with van der Waals surface area (Å²) in [6.45, 7) is 6.09. The zero-order valence-electron chi connectivity index (χ0n) is 11.9. The Morgan fingerprint density at radius 1 is 1.42 bits per heavy atom. The van der Waals surface area contributed by atoms with E-state index in [4.69, 9.17) is 0 Å². The Labute approximate surface area is 114 Å². The number of aromatic nitrogens is 2. The molecule has 0 atom stereocenters. The van der Waals surface area contributed by atoms with Crippen molar-refractivity contribution in [2.45, 2.75) is 25.3 Å². The molecular weight excluding hydrogens is 266 g/mol. The van der Waals surface area contributed by atoms with E-state index in [-0.39, 0.29) is 4.90 Å². The van der Waals surface area contributed by atoms with Gasteiger partial charge in [0.2, 0.25) is 10.0 Å². The number of hydrogen-bond acceptors (Lipinski definition) is 5. The molecule has 0 aliphatic rings. The van der Waals surface area contributed by atoms with Gasteiger partial charge in [0, 0.05) is 19.6 Å². The van der Waals surface area contributed by atoms with Gasteiger partial charge in [-0.25, -0.2) is 13.1 Å². The summed E-state index contributed by atoms with van der Waals surface area (Å²) in [4.78, 5) is 2.29. The molecule has 0 aliphatic heterocycles. The third-order valence-electron chi connectivity index (χ3n) is 2.90. The van der Waals surface area contributed by atoms with Crippen LogP contribution < -0.4 is 10.0 Å². The maximum atomic E-state index is 12.3.